The number of benzene rings is 1. The van der Waals surface area contributed by atoms with E-state index < -0.39 is 0 Å². The number of carbonyl (C=O) groups is 1. The minimum Gasteiger partial charge on any atom is -0.267 e. The van der Waals surface area contributed by atoms with E-state index in [9.17, 15) is 4.79 Å². The van der Waals surface area contributed by atoms with Crippen LogP contribution in [0.4, 0.5) is 0 Å². The number of nitrogens with one attached hydrogen (secondary N) is 1. The summed E-state index contributed by atoms with van der Waals surface area (Å²) in [5.74, 6) is -0.194. The molecular weight excluding hydrogens is 232 g/mol. The normalized spacial score (nSPS) is 10.6. The summed E-state index contributed by atoms with van der Waals surface area (Å²) in [6, 6.07) is 9.34. The monoisotopic (exact) mass is 244 g/mol. The molecule has 86 valence electrons. The maximum atomic E-state index is 11.7. The molecule has 0 aliphatic carbocycles. The maximum absolute atomic E-state index is 11.7. The fourth-order valence-corrected chi connectivity index (χ4v) is 1.98. The summed E-state index contributed by atoms with van der Waals surface area (Å²) in [5.41, 5.74) is 5.16. The van der Waals surface area contributed by atoms with Crippen molar-refractivity contribution in [3.63, 3.8) is 0 Å². The molecule has 1 heterocycles. The van der Waals surface area contributed by atoms with Gasteiger partial charge in [0, 0.05) is 11.1 Å². The summed E-state index contributed by atoms with van der Waals surface area (Å²) in [5, 5.41) is 7.82. The van der Waals surface area contributed by atoms with Crippen LogP contribution >= 0.6 is 11.3 Å². The predicted octanol–water partition coefficient (Wildman–Crippen LogP) is 2.82. The second kappa shape index (κ2) is 5.41. The summed E-state index contributed by atoms with van der Waals surface area (Å²) in [4.78, 5) is 11.7. The molecule has 0 saturated carbocycles. The smallest absolute Gasteiger partial charge is 0.267 e. The van der Waals surface area contributed by atoms with Crippen LogP contribution in [0.1, 0.15) is 21.5 Å². The van der Waals surface area contributed by atoms with Crippen LogP contribution in [0.3, 0.4) is 0 Å². The van der Waals surface area contributed by atoms with E-state index in [4.69, 9.17) is 0 Å². The van der Waals surface area contributed by atoms with Crippen LogP contribution in [0, 0.1) is 6.92 Å². The molecule has 4 heteroatoms. The lowest BCUT2D eigenvalue weighted by molar-refractivity contribution is 0.0955. The van der Waals surface area contributed by atoms with Gasteiger partial charge in [-0.2, -0.15) is 16.4 Å². The van der Waals surface area contributed by atoms with Crippen LogP contribution in [-0.4, -0.2) is 12.1 Å². The highest BCUT2D eigenvalue weighted by atomic mass is 32.1. The van der Waals surface area contributed by atoms with E-state index in [-0.39, 0.29) is 5.91 Å². The summed E-state index contributed by atoms with van der Waals surface area (Å²) in [7, 11) is 0. The van der Waals surface area contributed by atoms with Crippen molar-refractivity contribution < 1.29 is 4.79 Å². The van der Waals surface area contributed by atoms with Crippen LogP contribution in [-0.2, 0) is 0 Å². The van der Waals surface area contributed by atoms with Gasteiger partial charge in [0.2, 0.25) is 0 Å². The Morgan fingerprint density at radius 3 is 3.00 bits per heavy atom. The zero-order valence-corrected chi connectivity index (χ0v) is 10.2. The van der Waals surface area contributed by atoms with Gasteiger partial charge in [-0.3, -0.25) is 4.79 Å². The van der Waals surface area contributed by atoms with Gasteiger partial charge in [-0.05, 0) is 35.9 Å². The number of nitrogens with zero attached hydrogens (tertiary/aromatic N) is 1. The highest BCUT2D eigenvalue weighted by molar-refractivity contribution is 7.08. The van der Waals surface area contributed by atoms with Gasteiger partial charge in [-0.25, -0.2) is 5.43 Å². The molecule has 1 aromatic heterocycles. The Bertz CT molecular complexity index is 532. The Morgan fingerprint density at radius 1 is 1.41 bits per heavy atom. The molecule has 1 N–H and O–H groups in total. The van der Waals surface area contributed by atoms with Crippen LogP contribution in [0.2, 0.25) is 0 Å². The third-order valence-electron chi connectivity index (χ3n) is 2.20. The van der Waals surface area contributed by atoms with Crippen LogP contribution in [0.5, 0.6) is 0 Å². The van der Waals surface area contributed by atoms with Gasteiger partial charge in [-0.1, -0.05) is 17.7 Å². The van der Waals surface area contributed by atoms with E-state index in [1.807, 2.05) is 41.9 Å². The van der Waals surface area contributed by atoms with Gasteiger partial charge in [0.05, 0.1) is 6.21 Å². The number of hydrazone groups is 1. The number of thiophene rings is 1. The van der Waals surface area contributed by atoms with Crippen LogP contribution in [0.25, 0.3) is 0 Å². The first-order chi connectivity index (χ1) is 8.25. The fourth-order valence-electron chi connectivity index (χ4n) is 1.36. The topological polar surface area (TPSA) is 41.5 Å². The Kier molecular flexibility index (Phi) is 3.67. The van der Waals surface area contributed by atoms with Crippen LogP contribution < -0.4 is 5.43 Å². The van der Waals surface area contributed by atoms with Gasteiger partial charge in [-0.15, -0.1) is 0 Å². The first-order valence-electron chi connectivity index (χ1n) is 5.18. The van der Waals surface area contributed by atoms with Crippen molar-refractivity contribution in [1.29, 1.82) is 0 Å². The van der Waals surface area contributed by atoms with Gasteiger partial charge >= 0.3 is 0 Å². The Hall–Kier alpha value is -1.94. The molecule has 0 aliphatic rings. The quantitative estimate of drug-likeness (QED) is 0.654. The number of hydrogen-bond acceptors (Lipinski definition) is 3. The Morgan fingerprint density at radius 2 is 2.29 bits per heavy atom. The maximum Gasteiger partial charge on any atom is 0.271 e. The summed E-state index contributed by atoms with van der Waals surface area (Å²) in [6.07, 6.45) is 1.63. The minimum atomic E-state index is -0.194. The minimum absolute atomic E-state index is 0.194. The number of aryl methyl sites for hydroxylation is 1. The predicted molar refractivity (Wildman–Crippen MR) is 70.6 cm³/mol. The lowest BCUT2D eigenvalue weighted by Gasteiger charge is -2.00. The van der Waals surface area contributed by atoms with Crippen molar-refractivity contribution >= 4 is 23.5 Å². The molecule has 2 aromatic rings. The highest BCUT2D eigenvalue weighted by Crippen LogP contribution is 2.04. The fraction of sp³-hybridized carbons (Fsp3) is 0.0769. The molecule has 1 aromatic carbocycles. The lowest BCUT2D eigenvalue weighted by atomic mass is 10.1. The molecule has 17 heavy (non-hydrogen) atoms. The first kappa shape index (κ1) is 11.5. The van der Waals surface area contributed by atoms with E-state index in [0.717, 1.165) is 11.1 Å². The Labute approximate surface area is 104 Å². The molecule has 0 unspecified atom stereocenters. The third kappa shape index (κ3) is 3.26. The molecular formula is C13H12N2OS. The lowest BCUT2D eigenvalue weighted by Crippen LogP contribution is -2.17. The van der Waals surface area contributed by atoms with Gasteiger partial charge in [0.15, 0.2) is 0 Å². The average Bonchev–Trinajstić information content (AvgIpc) is 2.82. The molecule has 0 radical (unpaired) electrons. The van der Waals surface area contributed by atoms with Crippen molar-refractivity contribution in [3.05, 3.63) is 57.8 Å². The second-order valence-electron chi connectivity index (χ2n) is 3.63. The molecule has 0 bridgehead atoms. The zero-order chi connectivity index (χ0) is 12.1. The largest absolute Gasteiger partial charge is 0.271 e. The van der Waals surface area contributed by atoms with E-state index in [1.165, 1.54) is 0 Å². The number of carbonyl (C=O) groups excluding carboxylic acids is 1. The van der Waals surface area contributed by atoms with E-state index >= 15 is 0 Å². The number of hydrogen-bond donors (Lipinski definition) is 1. The van der Waals surface area contributed by atoms with Crippen molar-refractivity contribution in [2.45, 2.75) is 6.92 Å². The van der Waals surface area contributed by atoms with Gasteiger partial charge < -0.3 is 0 Å². The van der Waals surface area contributed by atoms with E-state index in [0.29, 0.717) is 5.56 Å². The third-order valence-corrected chi connectivity index (χ3v) is 2.90. The zero-order valence-electron chi connectivity index (χ0n) is 9.38. The SMILES string of the molecule is Cc1cccc(C(=O)NN=Cc2ccsc2)c1. The number of rotatable bonds is 3. The summed E-state index contributed by atoms with van der Waals surface area (Å²) >= 11 is 1.59. The van der Waals surface area contributed by atoms with Gasteiger partial charge in [0.25, 0.3) is 5.91 Å². The molecule has 1 amide bonds. The molecule has 0 aliphatic heterocycles. The van der Waals surface area contributed by atoms with Gasteiger partial charge in [0.1, 0.15) is 0 Å². The molecule has 0 fully saturated rings. The molecule has 3 nitrogen and oxygen atoms in total. The molecule has 2 rings (SSSR count). The van der Waals surface area contributed by atoms with Crippen molar-refractivity contribution in [1.82, 2.24) is 5.43 Å². The molecule has 0 atom stereocenters. The Balaban J connectivity index is 1.98. The number of amides is 1. The summed E-state index contributed by atoms with van der Waals surface area (Å²) < 4.78 is 0. The average molecular weight is 244 g/mol. The standard InChI is InChI=1S/C13H12N2OS/c1-10-3-2-4-12(7-10)13(16)15-14-8-11-5-6-17-9-11/h2-9H,1H3,(H,15,16). The molecule has 0 saturated heterocycles. The van der Waals surface area contributed by atoms with Crippen LogP contribution in [0.15, 0.2) is 46.2 Å². The summed E-state index contributed by atoms with van der Waals surface area (Å²) in [6.45, 7) is 1.95. The van der Waals surface area contributed by atoms with Crippen molar-refractivity contribution in [2.75, 3.05) is 0 Å². The highest BCUT2D eigenvalue weighted by Gasteiger charge is 2.02. The van der Waals surface area contributed by atoms with Crippen molar-refractivity contribution in [3.8, 4) is 0 Å². The van der Waals surface area contributed by atoms with E-state index in [1.54, 1.807) is 23.6 Å². The first-order valence-corrected chi connectivity index (χ1v) is 6.12. The van der Waals surface area contributed by atoms with Crippen molar-refractivity contribution in [2.24, 2.45) is 5.10 Å². The second-order valence-corrected chi connectivity index (χ2v) is 4.41. The molecule has 0 spiro atoms. The van der Waals surface area contributed by atoms with E-state index in [2.05, 4.69) is 10.5 Å².